The lowest BCUT2D eigenvalue weighted by molar-refractivity contribution is 0.658. The van der Waals surface area contributed by atoms with Crippen LogP contribution in [0, 0.1) is 6.92 Å². The number of aromatic nitrogens is 2. The highest BCUT2D eigenvalue weighted by atomic mass is 32.2. The van der Waals surface area contributed by atoms with E-state index in [0.717, 1.165) is 17.9 Å². The fourth-order valence-electron chi connectivity index (χ4n) is 1.74. The molecule has 1 heterocycles. The normalized spacial score (nSPS) is 12.6. The highest BCUT2D eigenvalue weighted by Gasteiger charge is 2.09. The van der Waals surface area contributed by atoms with Crippen LogP contribution in [0.4, 0.5) is 0 Å². The van der Waals surface area contributed by atoms with Crippen molar-refractivity contribution in [3.8, 4) is 0 Å². The van der Waals surface area contributed by atoms with E-state index in [1.54, 1.807) is 11.8 Å². The molecule has 3 nitrogen and oxygen atoms in total. The summed E-state index contributed by atoms with van der Waals surface area (Å²) in [6.07, 6.45) is 3.90. The first-order valence-corrected chi connectivity index (χ1v) is 7.15. The predicted octanol–water partition coefficient (Wildman–Crippen LogP) is 3.00. The van der Waals surface area contributed by atoms with E-state index in [0.29, 0.717) is 0 Å². The van der Waals surface area contributed by atoms with Gasteiger partial charge < -0.3 is 5.73 Å². The van der Waals surface area contributed by atoms with Gasteiger partial charge in [0.25, 0.3) is 0 Å². The summed E-state index contributed by atoms with van der Waals surface area (Å²) in [7, 11) is 0. The number of hydrogen-bond donors (Lipinski definition) is 1. The summed E-state index contributed by atoms with van der Waals surface area (Å²) in [4.78, 5) is 1.30. The first-order valence-electron chi connectivity index (χ1n) is 6.17. The lowest BCUT2D eigenvalue weighted by Crippen LogP contribution is -2.12. The SMILES string of the molecule is CCn1cc(C(N)CSc2ccccc2C)cn1. The van der Waals surface area contributed by atoms with Crippen molar-refractivity contribution in [2.45, 2.75) is 31.3 Å². The first kappa shape index (κ1) is 13.2. The average molecular weight is 261 g/mol. The van der Waals surface area contributed by atoms with Gasteiger partial charge in [-0.3, -0.25) is 4.68 Å². The second kappa shape index (κ2) is 6.07. The first-order chi connectivity index (χ1) is 8.70. The summed E-state index contributed by atoms with van der Waals surface area (Å²) in [6.45, 7) is 5.09. The van der Waals surface area contributed by atoms with Crippen LogP contribution in [0.2, 0.25) is 0 Å². The third-order valence-corrected chi connectivity index (χ3v) is 4.21. The molecule has 0 saturated carbocycles. The number of aryl methyl sites for hydroxylation is 2. The Labute approximate surface area is 112 Å². The molecular weight excluding hydrogens is 242 g/mol. The minimum atomic E-state index is 0.0370. The highest BCUT2D eigenvalue weighted by molar-refractivity contribution is 7.99. The maximum Gasteiger partial charge on any atom is 0.0537 e. The molecule has 96 valence electrons. The quantitative estimate of drug-likeness (QED) is 0.841. The largest absolute Gasteiger partial charge is 0.323 e. The Morgan fingerprint density at radius 1 is 1.39 bits per heavy atom. The minimum Gasteiger partial charge on any atom is -0.323 e. The Balaban J connectivity index is 1.96. The molecule has 0 spiro atoms. The van der Waals surface area contributed by atoms with Crippen LogP contribution >= 0.6 is 11.8 Å². The van der Waals surface area contributed by atoms with Crippen LogP contribution in [-0.4, -0.2) is 15.5 Å². The fourth-order valence-corrected chi connectivity index (χ4v) is 2.76. The lowest BCUT2D eigenvalue weighted by Gasteiger charge is -2.10. The van der Waals surface area contributed by atoms with Gasteiger partial charge in [-0.25, -0.2) is 0 Å². The van der Waals surface area contributed by atoms with E-state index in [1.807, 2.05) is 17.1 Å². The van der Waals surface area contributed by atoms with E-state index in [9.17, 15) is 0 Å². The van der Waals surface area contributed by atoms with Gasteiger partial charge in [0.15, 0.2) is 0 Å². The standard InChI is InChI=1S/C14H19N3S/c1-3-17-9-12(8-16-17)13(15)10-18-14-7-5-4-6-11(14)2/h4-9,13H,3,10,15H2,1-2H3. The van der Waals surface area contributed by atoms with E-state index in [1.165, 1.54) is 10.5 Å². The molecule has 0 saturated heterocycles. The van der Waals surface area contributed by atoms with Gasteiger partial charge in [-0.15, -0.1) is 11.8 Å². The van der Waals surface area contributed by atoms with Gasteiger partial charge in [-0.05, 0) is 25.5 Å². The lowest BCUT2D eigenvalue weighted by atomic mass is 10.2. The number of hydrogen-bond acceptors (Lipinski definition) is 3. The Hall–Kier alpha value is -1.26. The Bertz CT molecular complexity index is 507. The van der Waals surface area contributed by atoms with Gasteiger partial charge in [0.2, 0.25) is 0 Å². The molecule has 2 aromatic rings. The Morgan fingerprint density at radius 2 is 2.17 bits per heavy atom. The van der Waals surface area contributed by atoms with Crippen LogP contribution in [0.1, 0.15) is 24.1 Å². The summed E-state index contributed by atoms with van der Waals surface area (Å²) in [5.74, 6) is 0.875. The predicted molar refractivity (Wildman–Crippen MR) is 76.7 cm³/mol. The van der Waals surface area contributed by atoms with Crippen LogP contribution < -0.4 is 5.73 Å². The van der Waals surface area contributed by atoms with Gasteiger partial charge in [0.05, 0.1) is 6.20 Å². The third-order valence-electron chi connectivity index (χ3n) is 2.92. The van der Waals surface area contributed by atoms with E-state index >= 15 is 0 Å². The Morgan fingerprint density at radius 3 is 2.83 bits per heavy atom. The van der Waals surface area contributed by atoms with Crippen molar-refractivity contribution in [1.29, 1.82) is 0 Å². The molecule has 2 rings (SSSR count). The van der Waals surface area contributed by atoms with E-state index < -0.39 is 0 Å². The van der Waals surface area contributed by atoms with Crippen LogP contribution in [0.15, 0.2) is 41.6 Å². The smallest absolute Gasteiger partial charge is 0.0537 e. The molecule has 18 heavy (non-hydrogen) atoms. The maximum absolute atomic E-state index is 6.19. The minimum absolute atomic E-state index is 0.0370. The van der Waals surface area contributed by atoms with Gasteiger partial charge in [-0.1, -0.05) is 18.2 Å². The zero-order valence-electron chi connectivity index (χ0n) is 10.8. The van der Waals surface area contributed by atoms with Crippen LogP contribution in [0.25, 0.3) is 0 Å². The van der Waals surface area contributed by atoms with Gasteiger partial charge in [-0.2, -0.15) is 5.10 Å². The monoisotopic (exact) mass is 261 g/mol. The zero-order chi connectivity index (χ0) is 13.0. The van der Waals surface area contributed by atoms with Crippen molar-refractivity contribution in [2.75, 3.05) is 5.75 Å². The van der Waals surface area contributed by atoms with Crippen molar-refractivity contribution in [3.63, 3.8) is 0 Å². The van der Waals surface area contributed by atoms with Gasteiger partial charge >= 0.3 is 0 Å². The molecule has 0 aliphatic rings. The summed E-state index contributed by atoms with van der Waals surface area (Å²) < 4.78 is 1.91. The van der Waals surface area contributed by atoms with Gasteiger partial charge in [0, 0.05) is 35.0 Å². The summed E-state index contributed by atoms with van der Waals surface area (Å²) in [5, 5.41) is 4.26. The van der Waals surface area contributed by atoms with Crippen molar-refractivity contribution in [3.05, 3.63) is 47.8 Å². The van der Waals surface area contributed by atoms with Crippen LogP contribution in [-0.2, 0) is 6.54 Å². The van der Waals surface area contributed by atoms with Crippen LogP contribution in [0.3, 0.4) is 0 Å². The molecule has 1 aromatic carbocycles. The second-order valence-electron chi connectivity index (χ2n) is 4.31. The molecule has 0 radical (unpaired) electrons. The van der Waals surface area contributed by atoms with Gasteiger partial charge in [0.1, 0.15) is 0 Å². The molecule has 4 heteroatoms. The summed E-state index contributed by atoms with van der Waals surface area (Å²) >= 11 is 1.80. The molecule has 1 atom stereocenters. The third kappa shape index (κ3) is 3.15. The van der Waals surface area contributed by atoms with Crippen molar-refractivity contribution >= 4 is 11.8 Å². The van der Waals surface area contributed by atoms with E-state index in [4.69, 9.17) is 5.73 Å². The Kier molecular flexibility index (Phi) is 4.44. The fraction of sp³-hybridized carbons (Fsp3) is 0.357. The molecule has 1 aromatic heterocycles. The number of rotatable bonds is 5. The molecule has 0 bridgehead atoms. The second-order valence-corrected chi connectivity index (χ2v) is 5.37. The maximum atomic E-state index is 6.19. The highest BCUT2D eigenvalue weighted by Crippen LogP contribution is 2.25. The van der Waals surface area contributed by atoms with Crippen molar-refractivity contribution in [2.24, 2.45) is 5.73 Å². The molecule has 0 fully saturated rings. The van der Waals surface area contributed by atoms with E-state index in [2.05, 4.69) is 43.2 Å². The van der Waals surface area contributed by atoms with Crippen molar-refractivity contribution in [1.82, 2.24) is 9.78 Å². The van der Waals surface area contributed by atoms with Crippen molar-refractivity contribution < 1.29 is 0 Å². The molecule has 0 aliphatic carbocycles. The summed E-state index contributed by atoms with van der Waals surface area (Å²) in [6, 6.07) is 8.43. The topological polar surface area (TPSA) is 43.8 Å². The molecule has 0 amide bonds. The number of nitrogens with two attached hydrogens (primary N) is 1. The van der Waals surface area contributed by atoms with Crippen LogP contribution in [0.5, 0.6) is 0 Å². The molecule has 2 N–H and O–H groups in total. The van der Waals surface area contributed by atoms with E-state index in [-0.39, 0.29) is 6.04 Å². The molecule has 1 unspecified atom stereocenters. The molecular formula is C14H19N3S. The zero-order valence-corrected chi connectivity index (χ0v) is 11.7. The number of nitrogens with zero attached hydrogens (tertiary/aromatic N) is 2. The number of benzene rings is 1. The summed E-state index contributed by atoms with van der Waals surface area (Å²) in [5.41, 5.74) is 8.60. The number of thioether (sulfide) groups is 1. The molecule has 0 aliphatic heterocycles. The average Bonchev–Trinajstić information content (AvgIpc) is 2.86.